The third kappa shape index (κ3) is 6.13. The van der Waals surface area contributed by atoms with Crippen molar-refractivity contribution in [2.75, 3.05) is 13.2 Å². The highest BCUT2D eigenvalue weighted by Crippen LogP contribution is 2.30. The molecule has 3 heterocycles. The molecule has 16 heteroatoms. The maximum Gasteiger partial charge on any atom is 0.342 e. The predicted octanol–water partition coefficient (Wildman–Crippen LogP) is -3.73. The number of nitrogens with zero attached hydrogens (tertiary/aromatic N) is 1. The molecule has 2 aromatic rings. The van der Waals surface area contributed by atoms with Crippen LogP contribution < -0.4 is 0 Å². The second-order valence-electron chi connectivity index (χ2n) is 9.51. The van der Waals surface area contributed by atoms with Crippen molar-refractivity contribution >= 4 is 12.3 Å². The highest BCUT2D eigenvalue weighted by atomic mass is 16.7. The Labute approximate surface area is 231 Å². The molecule has 2 saturated heterocycles. The lowest BCUT2D eigenvalue weighted by Gasteiger charge is -2.45. The van der Waals surface area contributed by atoms with Crippen molar-refractivity contribution in [3.05, 3.63) is 47.3 Å². The number of aromatic nitrogens is 1. The summed E-state index contributed by atoms with van der Waals surface area (Å²) in [4.78, 5) is 24.3. The number of esters is 1. The molecule has 2 aliphatic rings. The molecule has 2 fully saturated rings. The molecule has 9 N–H and O–H groups in total. The highest BCUT2D eigenvalue weighted by Gasteiger charge is 2.50. The summed E-state index contributed by atoms with van der Waals surface area (Å²) in [6.07, 6.45) is -16.8. The molecule has 0 aliphatic carbocycles. The number of ether oxygens (including phenoxy) is 4. The van der Waals surface area contributed by atoms with Crippen LogP contribution in [-0.4, -0.2) is 137 Å². The topological polar surface area (TPSA) is 258 Å². The van der Waals surface area contributed by atoms with Gasteiger partial charge in [-0.1, -0.05) is 0 Å². The Kier molecular flexibility index (Phi) is 9.73. The number of carbonyl (C=O) groups is 2. The van der Waals surface area contributed by atoms with Gasteiger partial charge in [-0.2, -0.15) is 0 Å². The first-order valence-electron chi connectivity index (χ1n) is 12.4. The van der Waals surface area contributed by atoms with Gasteiger partial charge in [0.1, 0.15) is 66.8 Å². The number of phenols is 1. The van der Waals surface area contributed by atoms with Crippen LogP contribution in [-0.2, 0) is 25.6 Å². The number of phenolic OH excluding ortho intramolecular Hbond substituents is 1. The average Bonchev–Trinajstić information content (AvgIpc) is 3.40. The summed E-state index contributed by atoms with van der Waals surface area (Å²) in [5, 5.41) is 90.3. The maximum atomic E-state index is 12.9. The number of hydrogen-bond donors (Lipinski definition) is 9. The van der Waals surface area contributed by atoms with Gasteiger partial charge in [-0.3, -0.25) is 4.79 Å². The summed E-state index contributed by atoms with van der Waals surface area (Å²) < 4.78 is 22.4. The van der Waals surface area contributed by atoms with Crippen LogP contribution in [0.2, 0.25) is 0 Å². The van der Waals surface area contributed by atoms with E-state index in [4.69, 9.17) is 18.9 Å². The van der Waals surface area contributed by atoms with Gasteiger partial charge in [0.2, 0.25) is 0 Å². The van der Waals surface area contributed by atoms with Gasteiger partial charge in [0, 0.05) is 11.4 Å². The standard InChI is InChI=1S/C25H31NO15/c27-6-11-1-2-12(7-28)26(11)10-3-4-14(30)13(5-10)23(36)38-9-16-17(31)18(32)21(35)25(40-16)41-22-15(8-29)39-24(37)20(34)19(22)33/h1-6,15-22,24-25,28-35,37H,7-9H2/t15-,16-,17+,18+,19-,20-,21-,22-,24+,25+/m1/s1. The number of aliphatic hydroxyl groups excluding tert-OH is 8. The quantitative estimate of drug-likeness (QED) is 0.101. The zero-order valence-electron chi connectivity index (χ0n) is 21.3. The van der Waals surface area contributed by atoms with E-state index >= 15 is 0 Å². The first-order chi connectivity index (χ1) is 19.5. The molecule has 0 unspecified atom stereocenters. The Bertz CT molecular complexity index is 1220. The molecule has 1 aromatic heterocycles. The minimum absolute atomic E-state index is 0.162. The SMILES string of the molecule is O=Cc1ccc(CO)n1-c1ccc(O)c(C(=O)OC[C@H]2O[C@@H](O[C@H]3[C@H](O)[C@@H](O)[C@@H](O)O[C@@H]3CO)[C@H](O)[C@@H](O)[C@H]2O)c1. The fourth-order valence-corrected chi connectivity index (χ4v) is 4.65. The van der Waals surface area contributed by atoms with Crippen molar-refractivity contribution < 1.29 is 74.5 Å². The predicted molar refractivity (Wildman–Crippen MR) is 131 cm³/mol. The summed E-state index contributed by atoms with van der Waals surface area (Å²) in [6, 6.07) is 6.71. The molecule has 0 radical (unpaired) electrons. The maximum absolute atomic E-state index is 12.9. The molecule has 0 saturated carbocycles. The fourth-order valence-electron chi connectivity index (χ4n) is 4.65. The van der Waals surface area contributed by atoms with Gasteiger partial charge in [-0.05, 0) is 30.3 Å². The number of aliphatic hydroxyl groups is 8. The van der Waals surface area contributed by atoms with Crippen LogP contribution in [0.4, 0.5) is 0 Å². The number of benzene rings is 1. The van der Waals surface area contributed by atoms with Crippen molar-refractivity contribution in [1.82, 2.24) is 4.57 Å². The van der Waals surface area contributed by atoms with E-state index in [1.165, 1.54) is 28.8 Å². The molecule has 0 amide bonds. The van der Waals surface area contributed by atoms with Crippen LogP contribution in [0.25, 0.3) is 5.69 Å². The van der Waals surface area contributed by atoms with E-state index in [0.29, 0.717) is 12.0 Å². The third-order valence-corrected chi connectivity index (χ3v) is 6.91. The molecular weight excluding hydrogens is 554 g/mol. The number of aromatic hydroxyl groups is 1. The van der Waals surface area contributed by atoms with Crippen LogP contribution in [0.5, 0.6) is 5.75 Å². The molecule has 1 aromatic carbocycles. The Morgan fingerprint density at radius 3 is 2.29 bits per heavy atom. The van der Waals surface area contributed by atoms with E-state index in [1.807, 2.05) is 0 Å². The lowest BCUT2D eigenvalue weighted by molar-refractivity contribution is -0.355. The van der Waals surface area contributed by atoms with Gasteiger partial charge < -0.3 is 69.5 Å². The van der Waals surface area contributed by atoms with E-state index in [9.17, 15) is 55.5 Å². The van der Waals surface area contributed by atoms with Gasteiger partial charge in [-0.15, -0.1) is 0 Å². The largest absolute Gasteiger partial charge is 0.507 e. The molecule has 0 spiro atoms. The zero-order valence-corrected chi connectivity index (χ0v) is 21.3. The van der Waals surface area contributed by atoms with Crippen molar-refractivity contribution in [3.63, 3.8) is 0 Å². The number of hydrogen-bond acceptors (Lipinski definition) is 15. The second-order valence-corrected chi connectivity index (χ2v) is 9.51. The van der Waals surface area contributed by atoms with Crippen LogP contribution in [0.3, 0.4) is 0 Å². The van der Waals surface area contributed by atoms with Crippen LogP contribution in [0.15, 0.2) is 30.3 Å². The summed E-state index contributed by atoms with van der Waals surface area (Å²) in [5.74, 6) is -1.59. The summed E-state index contributed by atoms with van der Waals surface area (Å²) in [5.41, 5.74) is 0.381. The Morgan fingerprint density at radius 2 is 1.63 bits per heavy atom. The van der Waals surface area contributed by atoms with E-state index in [0.717, 1.165) is 6.07 Å². The molecule has 16 nitrogen and oxygen atoms in total. The van der Waals surface area contributed by atoms with Gasteiger partial charge in [0.25, 0.3) is 0 Å². The Morgan fingerprint density at radius 1 is 0.902 bits per heavy atom. The lowest BCUT2D eigenvalue weighted by atomic mass is 9.97. The molecule has 10 atom stereocenters. The minimum Gasteiger partial charge on any atom is -0.507 e. The Hall–Kier alpha value is -3.00. The van der Waals surface area contributed by atoms with Crippen molar-refractivity contribution in [3.8, 4) is 11.4 Å². The smallest absolute Gasteiger partial charge is 0.342 e. The average molecular weight is 586 g/mol. The van der Waals surface area contributed by atoms with Crippen molar-refractivity contribution in [2.24, 2.45) is 0 Å². The van der Waals surface area contributed by atoms with E-state index in [-0.39, 0.29) is 16.9 Å². The summed E-state index contributed by atoms with van der Waals surface area (Å²) >= 11 is 0. The minimum atomic E-state index is -1.90. The lowest BCUT2D eigenvalue weighted by Crippen LogP contribution is -2.64. The molecule has 0 bridgehead atoms. The number of aldehydes is 1. The molecule has 41 heavy (non-hydrogen) atoms. The molecule has 226 valence electrons. The zero-order chi connectivity index (χ0) is 30.0. The first-order valence-corrected chi connectivity index (χ1v) is 12.4. The summed E-state index contributed by atoms with van der Waals surface area (Å²) in [6.45, 7) is -1.93. The molecular formula is C25H31NO15. The monoisotopic (exact) mass is 585 g/mol. The second kappa shape index (κ2) is 12.9. The number of carbonyl (C=O) groups excluding carboxylic acids is 2. The van der Waals surface area contributed by atoms with Gasteiger partial charge in [-0.25, -0.2) is 4.79 Å². The van der Waals surface area contributed by atoms with E-state index < -0.39 is 93.0 Å². The molecule has 4 rings (SSSR count). The molecule has 2 aliphatic heterocycles. The van der Waals surface area contributed by atoms with E-state index in [1.54, 1.807) is 0 Å². The Balaban J connectivity index is 1.48. The van der Waals surface area contributed by atoms with Gasteiger partial charge in [0.15, 0.2) is 18.9 Å². The third-order valence-electron chi connectivity index (χ3n) is 6.91. The fraction of sp³-hybridized carbons (Fsp3) is 0.520. The number of rotatable bonds is 9. The van der Waals surface area contributed by atoms with Crippen LogP contribution >= 0.6 is 0 Å². The van der Waals surface area contributed by atoms with Crippen molar-refractivity contribution in [2.45, 2.75) is 68.0 Å². The van der Waals surface area contributed by atoms with Gasteiger partial charge >= 0.3 is 5.97 Å². The van der Waals surface area contributed by atoms with Crippen LogP contribution in [0.1, 0.15) is 26.5 Å². The summed E-state index contributed by atoms with van der Waals surface area (Å²) in [7, 11) is 0. The van der Waals surface area contributed by atoms with E-state index in [2.05, 4.69) is 0 Å². The van der Waals surface area contributed by atoms with Crippen molar-refractivity contribution in [1.29, 1.82) is 0 Å². The van der Waals surface area contributed by atoms with Crippen LogP contribution in [0, 0.1) is 0 Å². The highest BCUT2D eigenvalue weighted by molar-refractivity contribution is 5.93. The first kappa shape index (κ1) is 30.9. The van der Waals surface area contributed by atoms with Gasteiger partial charge in [0.05, 0.1) is 18.9 Å². The normalized spacial score (nSPS) is 33.9.